The summed E-state index contributed by atoms with van der Waals surface area (Å²) < 4.78 is 0. The number of hydrogen-bond acceptors (Lipinski definition) is 2. The largest absolute Gasteiger partial charge is 0.314 e. The van der Waals surface area contributed by atoms with Crippen molar-refractivity contribution in [1.29, 1.82) is 0 Å². The minimum absolute atomic E-state index is 0.614. The highest BCUT2D eigenvalue weighted by Gasteiger charge is 2.10. The van der Waals surface area contributed by atoms with Gasteiger partial charge in [0, 0.05) is 12.1 Å². The lowest BCUT2D eigenvalue weighted by atomic mass is 10.1. The standard InChI is InChI=1S/C13H30N2/c1-6-8-11-15(7-2)13(5)9-10-14-12(3)4/h12-14H,6-11H2,1-5H3. The Morgan fingerprint density at radius 3 is 2.27 bits per heavy atom. The first-order chi connectivity index (χ1) is 7.11. The van der Waals surface area contributed by atoms with E-state index in [9.17, 15) is 0 Å². The average Bonchev–Trinajstić information content (AvgIpc) is 2.18. The second-order valence-electron chi connectivity index (χ2n) is 4.73. The van der Waals surface area contributed by atoms with Crippen LogP contribution in [0, 0.1) is 0 Å². The molecule has 1 unspecified atom stereocenters. The second-order valence-corrected chi connectivity index (χ2v) is 4.73. The van der Waals surface area contributed by atoms with Gasteiger partial charge in [-0.25, -0.2) is 0 Å². The Labute approximate surface area is 96.4 Å². The molecule has 0 heterocycles. The summed E-state index contributed by atoms with van der Waals surface area (Å²) in [7, 11) is 0. The van der Waals surface area contributed by atoms with Crippen LogP contribution in [0.4, 0.5) is 0 Å². The molecule has 92 valence electrons. The molecule has 0 aliphatic rings. The Morgan fingerprint density at radius 2 is 1.80 bits per heavy atom. The summed E-state index contributed by atoms with van der Waals surface area (Å²) in [4.78, 5) is 2.59. The lowest BCUT2D eigenvalue weighted by molar-refractivity contribution is 0.205. The van der Waals surface area contributed by atoms with E-state index in [-0.39, 0.29) is 0 Å². The third kappa shape index (κ3) is 7.80. The topological polar surface area (TPSA) is 15.3 Å². The van der Waals surface area contributed by atoms with Crippen LogP contribution < -0.4 is 5.32 Å². The molecule has 0 fully saturated rings. The molecule has 0 aromatic heterocycles. The molecule has 0 aromatic rings. The van der Waals surface area contributed by atoms with Crippen molar-refractivity contribution in [2.45, 2.75) is 66.0 Å². The Kier molecular flexibility index (Phi) is 9.12. The van der Waals surface area contributed by atoms with Crippen molar-refractivity contribution in [3.05, 3.63) is 0 Å². The van der Waals surface area contributed by atoms with Gasteiger partial charge in [0.25, 0.3) is 0 Å². The van der Waals surface area contributed by atoms with E-state index in [1.807, 2.05) is 0 Å². The molecule has 0 rings (SSSR count). The monoisotopic (exact) mass is 214 g/mol. The van der Waals surface area contributed by atoms with Crippen LogP contribution in [0.5, 0.6) is 0 Å². The molecule has 0 amide bonds. The molecule has 0 bridgehead atoms. The number of hydrogen-bond donors (Lipinski definition) is 1. The van der Waals surface area contributed by atoms with Crippen molar-refractivity contribution >= 4 is 0 Å². The molecule has 0 spiro atoms. The summed E-state index contributed by atoms with van der Waals surface area (Å²) in [5.74, 6) is 0. The number of nitrogens with zero attached hydrogens (tertiary/aromatic N) is 1. The van der Waals surface area contributed by atoms with Gasteiger partial charge in [0.15, 0.2) is 0 Å². The van der Waals surface area contributed by atoms with Crippen LogP contribution in [0.25, 0.3) is 0 Å². The second kappa shape index (κ2) is 9.17. The maximum atomic E-state index is 3.48. The summed E-state index contributed by atoms with van der Waals surface area (Å²) in [5, 5.41) is 3.48. The predicted molar refractivity (Wildman–Crippen MR) is 69.4 cm³/mol. The van der Waals surface area contributed by atoms with Crippen molar-refractivity contribution in [3.8, 4) is 0 Å². The van der Waals surface area contributed by atoms with Gasteiger partial charge in [-0.2, -0.15) is 0 Å². The summed E-state index contributed by atoms with van der Waals surface area (Å²) in [6.45, 7) is 14.9. The van der Waals surface area contributed by atoms with Crippen LogP contribution in [-0.2, 0) is 0 Å². The minimum atomic E-state index is 0.614. The van der Waals surface area contributed by atoms with E-state index in [0.717, 1.165) is 6.54 Å². The summed E-state index contributed by atoms with van der Waals surface area (Å²) >= 11 is 0. The van der Waals surface area contributed by atoms with E-state index >= 15 is 0 Å². The van der Waals surface area contributed by atoms with Gasteiger partial charge in [-0.1, -0.05) is 34.1 Å². The molecular formula is C13H30N2. The molecule has 0 radical (unpaired) electrons. The first-order valence-corrected chi connectivity index (χ1v) is 6.59. The zero-order valence-electron chi connectivity index (χ0n) is 11.3. The Bertz CT molecular complexity index is 134. The predicted octanol–water partition coefficient (Wildman–Crippen LogP) is 2.89. The van der Waals surface area contributed by atoms with Crippen molar-refractivity contribution in [2.24, 2.45) is 0 Å². The zero-order valence-corrected chi connectivity index (χ0v) is 11.3. The maximum Gasteiger partial charge on any atom is 0.00788 e. The highest BCUT2D eigenvalue weighted by Crippen LogP contribution is 2.05. The molecule has 15 heavy (non-hydrogen) atoms. The molecule has 1 N–H and O–H groups in total. The Morgan fingerprint density at radius 1 is 1.13 bits per heavy atom. The highest BCUT2D eigenvalue weighted by molar-refractivity contribution is 4.67. The fourth-order valence-electron chi connectivity index (χ4n) is 1.81. The van der Waals surface area contributed by atoms with Crippen LogP contribution in [0.15, 0.2) is 0 Å². The van der Waals surface area contributed by atoms with E-state index in [0.29, 0.717) is 12.1 Å². The average molecular weight is 214 g/mol. The van der Waals surface area contributed by atoms with E-state index in [4.69, 9.17) is 0 Å². The SMILES string of the molecule is CCCCN(CC)C(C)CCNC(C)C. The molecule has 2 nitrogen and oxygen atoms in total. The maximum absolute atomic E-state index is 3.48. The van der Waals surface area contributed by atoms with E-state index in [1.165, 1.54) is 32.4 Å². The summed E-state index contributed by atoms with van der Waals surface area (Å²) in [5.41, 5.74) is 0. The first kappa shape index (κ1) is 14.9. The number of unbranched alkanes of at least 4 members (excludes halogenated alkanes) is 1. The highest BCUT2D eigenvalue weighted by atomic mass is 15.1. The first-order valence-electron chi connectivity index (χ1n) is 6.59. The lowest BCUT2D eigenvalue weighted by Crippen LogP contribution is -2.37. The Balaban J connectivity index is 3.67. The fraction of sp³-hybridized carbons (Fsp3) is 1.00. The normalized spacial score (nSPS) is 13.8. The van der Waals surface area contributed by atoms with Crippen molar-refractivity contribution in [1.82, 2.24) is 10.2 Å². The molecule has 0 saturated carbocycles. The molecule has 0 aliphatic carbocycles. The van der Waals surface area contributed by atoms with E-state index in [1.54, 1.807) is 0 Å². The van der Waals surface area contributed by atoms with Gasteiger partial charge in [-0.3, -0.25) is 0 Å². The van der Waals surface area contributed by atoms with Crippen LogP contribution in [0.1, 0.15) is 53.9 Å². The summed E-state index contributed by atoms with van der Waals surface area (Å²) in [6.07, 6.45) is 3.89. The van der Waals surface area contributed by atoms with Crippen molar-refractivity contribution in [3.63, 3.8) is 0 Å². The third-order valence-electron chi connectivity index (χ3n) is 2.94. The van der Waals surface area contributed by atoms with Gasteiger partial charge in [-0.05, 0) is 39.4 Å². The minimum Gasteiger partial charge on any atom is -0.314 e. The molecule has 0 aromatic carbocycles. The number of nitrogens with one attached hydrogen (secondary N) is 1. The van der Waals surface area contributed by atoms with Gasteiger partial charge in [0.05, 0.1) is 0 Å². The quantitative estimate of drug-likeness (QED) is 0.635. The molecular weight excluding hydrogens is 184 g/mol. The lowest BCUT2D eigenvalue weighted by Gasteiger charge is -2.28. The van der Waals surface area contributed by atoms with Crippen LogP contribution in [0.3, 0.4) is 0 Å². The summed E-state index contributed by atoms with van der Waals surface area (Å²) in [6, 6.07) is 1.33. The zero-order chi connectivity index (χ0) is 11.7. The molecule has 2 heteroatoms. The van der Waals surface area contributed by atoms with Gasteiger partial charge >= 0.3 is 0 Å². The Hall–Kier alpha value is -0.0800. The van der Waals surface area contributed by atoms with Crippen molar-refractivity contribution < 1.29 is 0 Å². The van der Waals surface area contributed by atoms with E-state index in [2.05, 4.69) is 44.8 Å². The van der Waals surface area contributed by atoms with Crippen LogP contribution in [-0.4, -0.2) is 36.6 Å². The molecule has 0 aliphatic heterocycles. The molecule has 0 saturated heterocycles. The van der Waals surface area contributed by atoms with Gasteiger partial charge < -0.3 is 10.2 Å². The van der Waals surface area contributed by atoms with E-state index < -0.39 is 0 Å². The fourth-order valence-corrected chi connectivity index (χ4v) is 1.81. The third-order valence-corrected chi connectivity index (χ3v) is 2.94. The van der Waals surface area contributed by atoms with Gasteiger partial charge in [0.1, 0.15) is 0 Å². The smallest absolute Gasteiger partial charge is 0.00788 e. The van der Waals surface area contributed by atoms with Crippen LogP contribution >= 0.6 is 0 Å². The number of rotatable bonds is 9. The molecule has 1 atom stereocenters. The van der Waals surface area contributed by atoms with Gasteiger partial charge in [0.2, 0.25) is 0 Å². The van der Waals surface area contributed by atoms with Crippen molar-refractivity contribution in [2.75, 3.05) is 19.6 Å². The van der Waals surface area contributed by atoms with Crippen LogP contribution in [0.2, 0.25) is 0 Å². The van der Waals surface area contributed by atoms with Gasteiger partial charge in [-0.15, -0.1) is 0 Å².